The normalized spacial score (nSPS) is 12.7. The maximum Gasteiger partial charge on any atom is 0.444 e. The quantitative estimate of drug-likeness (QED) is 0.0820. The second-order valence-electron chi connectivity index (χ2n) is 13.6. The molecule has 322 valence electrons. The van der Waals surface area contributed by atoms with Crippen molar-refractivity contribution in [3.05, 3.63) is 129 Å². The van der Waals surface area contributed by atoms with Crippen LogP contribution < -0.4 is 10.6 Å². The average molecular weight is 886 g/mol. The lowest BCUT2D eigenvalue weighted by Gasteiger charge is -2.29. The van der Waals surface area contributed by atoms with Crippen molar-refractivity contribution < 1.29 is 55.2 Å². The van der Waals surface area contributed by atoms with Gasteiger partial charge in [0.25, 0.3) is 0 Å². The Hall–Kier alpha value is -5.56. The lowest BCUT2D eigenvalue weighted by atomic mass is 10.0. The van der Waals surface area contributed by atoms with E-state index in [1.54, 1.807) is 86.5 Å². The predicted molar refractivity (Wildman–Crippen MR) is 212 cm³/mol. The van der Waals surface area contributed by atoms with Crippen molar-refractivity contribution in [1.82, 2.24) is 19.9 Å². The summed E-state index contributed by atoms with van der Waals surface area (Å²) in [5.74, 6) is -3.56. The summed E-state index contributed by atoms with van der Waals surface area (Å²) in [7, 11) is 6.97. The van der Waals surface area contributed by atoms with Crippen LogP contribution in [0, 0.1) is 0 Å². The molecule has 0 heterocycles. The minimum absolute atomic E-state index is 0.0790. The number of amides is 4. The summed E-state index contributed by atoms with van der Waals surface area (Å²) >= 11 is 12.1. The van der Waals surface area contributed by atoms with Crippen molar-refractivity contribution in [3.8, 4) is 0 Å². The smallest absolute Gasteiger partial charge is 0.325 e. The number of carbonyl (C=O) groups is 4. The third-order valence-electron chi connectivity index (χ3n) is 8.90. The first-order chi connectivity index (χ1) is 28.1. The largest absolute Gasteiger partial charge is 0.444 e. The SMILES string of the molecule is CN(C)C(CCN(OC(=O)C(=O)ON(CCC(c1ccc(Cl)cc1)N(C)C)C(=O)Nc1ccc(C(F)(F)F)cc1)C(=O)Nc1ccc(C(F)(F)F)cc1)c1ccc(Cl)cc1. The van der Waals surface area contributed by atoms with E-state index in [-0.39, 0.29) is 37.3 Å². The van der Waals surface area contributed by atoms with E-state index in [1.165, 1.54) is 0 Å². The number of benzene rings is 4. The number of rotatable bonds is 12. The summed E-state index contributed by atoms with van der Waals surface area (Å²) in [6.45, 7) is -0.749. The second-order valence-corrected chi connectivity index (χ2v) is 14.5. The van der Waals surface area contributed by atoms with Crippen LogP contribution in [-0.2, 0) is 31.6 Å². The number of hydrogen-bond acceptors (Lipinski definition) is 8. The van der Waals surface area contributed by atoms with Crippen LogP contribution in [0.15, 0.2) is 97.1 Å². The molecular formula is C40H40Cl2F6N6O6. The van der Waals surface area contributed by atoms with E-state index in [0.29, 0.717) is 20.2 Å². The molecule has 0 saturated carbocycles. The molecule has 20 heteroatoms. The fourth-order valence-electron chi connectivity index (χ4n) is 5.80. The molecular weight excluding hydrogens is 845 g/mol. The van der Waals surface area contributed by atoms with Crippen molar-refractivity contribution in [3.63, 3.8) is 0 Å². The van der Waals surface area contributed by atoms with Crippen LogP contribution >= 0.6 is 23.2 Å². The number of anilines is 2. The molecule has 0 aromatic heterocycles. The molecule has 12 nitrogen and oxygen atoms in total. The van der Waals surface area contributed by atoms with E-state index in [9.17, 15) is 45.5 Å². The van der Waals surface area contributed by atoms with Crippen LogP contribution in [0.3, 0.4) is 0 Å². The topological polar surface area (TPSA) is 124 Å². The maximum absolute atomic E-state index is 13.5. The van der Waals surface area contributed by atoms with E-state index >= 15 is 0 Å². The summed E-state index contributed by atoms with van der Waals surface area (Å²) in [6.07, 6.45) is -9.15. The summed E-state index contributed by atoms with van der Waals surface area (Å²) in [5, 5.41) is 6.53. The first-order valence-corrected chi connectivity index (χ1v) is 18.7. The van der Waals surface area contributed by atoms with Gasteiger partial charge >= 0.3 is 36.4 Å². The van der Waals surface area contributed by atoms with Crippen LogP contribution in [0.2, 0.25) is 10.0 Å². The maximum atomic E-state index is 13.5. The first kappa shape index (κ1) is 47.1. The third kappa shape index (κ3) is 13.8. The molecule has 2 atom stereocenters. The number of nitrogens with zero attached hydrogens (tertiary/aromatic N) is 4. The van der Waals surface area contributed by atoms with Crippen molar-refractivity contribution in [2.24, 2.45) is 0 Å². The fraction of sp³-hybridized carbons (Fsp3) is 0.300. The molecule has 0 spiro atoms. The zero-order valence-corrected chi connectivity index (χ0v) is 34.0. The van der Waals surface area contributed by atoms with E-state index in [2.05, 4.69) is 10.6 Å². The third-order valence-corrected chi connectivity index (χ3v) is 9.40. The predicted octanol–water partition coefficient (Wildman–Crippen LogP) is 9.70. The highest BCUT2D eigenvalue weighted by Gasteiger charge is 2.33. The molecule has 60 heavy (non-hydrogen) atoms. The van der Waals surface area contributed by atoms with Gasteiger partial charge in [-0.3, -0.25) is 0 Å². The number of urea groups is 2. The van der Waals surface area contributed by atoms with Gasteiger partial charge in [-0.1, -0.05) is 47.5 Å². The molecule has 2 unspecified atom stereocenters. The molecule has 0 bridgehead atoms. The number of hydroxylamine groups is 4. The van der Waals surface area contributed by atoms with E-state index in [1.807, 2.05) is 0 Å². The van der Waals surface area contributed by atoms with Gasteiger partial charge in [-0.25, -0.2) is 19.2 Å². The Morgan fingerprint density at radius 3 is 1.10 bits per heavy atom. The standard InChI is InChI=1S/C40H40Cl2F6N6O6/c1-51(2)33(25-5-13-29(41)14-6-25)21-23-53(37(57)49-31-17-9-27(10-18-31)39(43,44)45)59-35(55)36(56)60-54(24-22-34(52(3)4)26-7-15-30(42)16-8-26)38(58)50-32-19-11-28(12-20-32)40(46,47)48/h5-20,33-34H,21-24H2,1-4H3,(H,49,57)(H,50,58). The van der Waals surface area contributed by atoms with Gasteiger partial charge in [0.2, 0.25) is 0 Å². The highest BCUT2D eigenvalue weighted by atomic mass is 35.5. The Morgan fingerprint density at radius 1 is 0.533 bits per heavy atom. The summed E-state index contributed by atoms with van der Waals surface area (Å²) in [6, 6.07) is 17.2. The molecule has 0 aliphatic rings. The minimum atomic E-state index is -4.65. The monoisotopic (exact) mass is 884 g/mol. The Kier molecular flexibility index (Phi) is 16.2. The molecule has 0 radical (unpaired) electrons. The zero-order chi connectivity index (χ0) is 44.4. The molecule has 0 aliphatic heterocycles. The number of nitrogens with one attached hydrogen (secondary N) is 2. The number of halogens is 8. The molecule has 2 N–H and O–H groups in total. The van der Waals surface area contributed by atoms with E-state index < -0.39 is 59.6 Å². The number of alkyl halides is 6. The van der Waals surface area contributed by atoms with Gasteiger partial charge < -0.3 is 30.1 Å². The molecule has 0 fully saturated rings. The van der Waals surface area contributed by atoms with Crippen molar-refractivity contribution >= 4 is 58.6 Å². The van der Waals surface area contributed by atoms with Crippen molar-refractivity contribution in [2.75, 3.05) is 51.9 Å². The van der Waals surface area contributed by atoms with Crippen LogP contribution in [0.25, 0.3) is 0 Å². The van der Waals surface area contributed by atoms with Gasteiger partial charge in [0.1, 0.15) is 0 Å². The van der Waals surface area contributed by atoms with Gasteiger partial charge in [0.15, 0.2) is 0 Å². The Balaban J connectivity index is 1.58. The Bertz CT molecular complexity index is 1920. The minimum Gasteiger partial charge on any atom is -0.325 e. The molecule has 4 aromatic carbocycles. The van der Waals surface area contributed by atoms with Gasteiger partial charge in [-0.2, -0.15) is 36.5 Å². The van der Waals surface area contributed by atoms with Gasteiger partial charge in [-0.05, 0) is 125 Å². The molecule has 4 rings (SSSR count). The highest BCUT2D eigenvalue weighted by molar-refractivity contribution is 6.31. The van der Waals surface area contributed by atoms with E-state index in [4.69, 9.17) is 32.9 Å². The lowest BCUT2D eigenvalue weighted by molar-refractivity contribution is -0.203. The van der Waals surface area contributed by atoms with Crippen LogP contribution in [0.5, 0.6) is 0 Å². The number of hydrogen-bond donors (Lipinski definition) is 2. The molecule has 4 amide bonds. The molecule has 0 saturated heterocycles. The van der Waals surface area contributed by atoms with Crippen LogP contribution in [0.4, 0.5) is 47.3 Å². The number of carbonyl (C=O) groups excluding carboxylic acids is 4. The van der Waals surface area contributed by atoms with Gasteiger partial charge in [0.05, 0.1) is 24.2 Å². The zero-order valence-electron chi connectivity index (χ0n) is 32.5. The lowest BCUT2D eigenvalue weighted by Crippen LogP contribution is -2.44. The van der Waals surface area contributed by atoms with Crippen LogP contribution in [-0.4, -0.2) is 85.2 Å². The second kappa shape index (κ2) is 20.6. The molecule has 0 aliphatic carbocycles. The average Bonchev–Trinajstić information content (AvgIpc) is 3.17. The van der Waals surface area contributed by atoms with Gasteiger partial charge in [-0.15, -0.1) is 0 Å². The van der Waals surface area contributed by atoms with Crippen molar-refractivity contribution in [2.45, 2.75) is 37.3 Å². The first-order valence-electron chi connectivity index (χ1n) is 17.9. The van der Waals surface area contributed by atoms with Crippen LogP contribution in [0.1, 0.15) is 47.2 Å². The fourth-order valence-corrected chi connectivity index (χ4v) is 6.06. The summed E-state index contributed by atoms with van der Waals surface area (Å²) in [4.78, 5) is 67.7. The Labute approximate surface area is 351 Å². The molecule has 4 aromatic rings. The summed E-state index contributed by atoms with van der Waals surface area (Å²) in [5.41, 5.74) is -0.688. The summed E-state index contributed by atoms with van der Waals surface area (Å²) < 4.78 is 79.0. The Morgan fingerprint density at radius 2 is 0.833 bits per heavy atom. The highest BCUT2D eigenvalue weighted by Crippen LogP contribution is 2.32. The van der Waals surface area contributed by atoms with Gasteiger partial charge in [0, 0.05) is 33.5 Å². The van der Waals surface area contributed by atoms with Crippen molar-refractivity contribution in [1.29, 1.82) is 0 Å². The van der Waals surface area contributed by atoms with E-state index in [0.717, 1.165) is 59.7 Å².